The van der Waals surface area contributed by atoms with Gasteiger partial charge in [0.15, 0.2) is 0 Å². The number of carbonyl (C=O) groups is 2. The third-order valence-corrected chi connectivity index (χ3v) is 0.963. The van der Waals surface area contributed by atoms with E-state index in [1.54, 1.807) is 0 Å². The van der Waals surface area contributed by atoms with Crippen molar-refractivity contribution in [2.24, 2.45) is 0 Å². The van der Waals surface area contributed by atoms with Crippen molar-refractivity contribution in [1.82, 2.24) is 0 Å². The minimum atomic E-state index is -0.981. The van der Waals surface area contributed by atoms with E-state index in [1.165, 1.54) is 0 Å². The second-order valence-electron chi connectivity index (χ2n) is 1.87. The van der Waals surface area contributed by atoms with Gasteiger partial charge >= 0.3 is 11.9 Å². The molecule has 1 rings (SSSR count). The largest absolute Gasteiger partial charge is 0.478 e. The van der Waals surface area contributed by atoms with Crippen LogP contribution in [0.1, 0.15) is 12.8 Å². The summed E-state index contributed by atoms with van der Waals surface area (Å²) >= 11 is 0. The van der Waals surface area contributed by atoms with E-state index in [2.05, 4.69) is 11.3 Å². The van der Waals surface area contributed by atoms with Crippen LogP contribution in [0, 0.1) is 0 Å². The molecule has 1 heterocycles. The summed E-state index contributed by atoms with van der Waals surface area (Å²) in [5.41, 5.74) is 0. The van der Waals surface area contributed by atoms with Crippen molar-refractivity contribution in [3.05, 3.63) is 12.7 Å². The lowest BCUT2D eigenvalue weighted by atomic mass is 10.4. The number of aliphatic carboxylic acids is 1. The lowest BCUT2D eigenvalue weighted by Crippen LogP contribution is -1.88. The number of cyclic esters (lactones) is 1. The first-order chi connectivity index (χ1) is 5.16. The molecule has 0 aromatic carbocycles. The molecule has 0 saturated carbocycles. The summed E-state index contributed by atoms with van der Waals surface area (Å²) in [6, 6.07) is 0. The average molecular weight is 158 g/mol. The van der Waals surface area contributed by atoms with E-state index >= 15 is 0 Å². The maximum Gasteiger partial charge on any atom is 0.327 e. The Morgan fingerprint density at radius 1 is 1.73 bits per heavy atom. The number of hydrogen-bond donors (Lipinski definition) is 1. The number of esters is 1. The summed E-state index contributed by atoms with van der Waals surface area (Å²) in [4.78, 5) is 19.3. The van der Waals surface area contributed by atoms with Crippen molar-refractivity contribution in [3.63, 3.8) is 0 Å². The summed E-state index contributed by atoms with van der Waals surface area (Å²) in [7, 11) is 0. The number of rotatable bonds is 1. The van der Waals surface area contributed by atoms with E-state index in [9.17, 15) is 9.59 Å². The molecule has 1 saturated heterocycles. The molecule has 1 fully saturated rings. The quantitative estimate of drug-likeness (QED) is 0.448. The highest BCUT2D eigenvalue weighted by Gasteiger charge is 2.08. The van der Waals surface area contributed by atoms with Crippen LogP contribution in [0.2, 0.25) is 0 Å². The van der Waals surface area contributed by atoms with Gasteiger partial charge in [-0.2, -0.15) is 0 Å². The standard InChI is InChI=1S/C4H6O2.C3H4O2/c5-4-2-1-3-6-4;1-2-3(4)5/h1-3H2;2H,1H2,(H,4,5). The second-order valence-corrected chi connectivity index (χ2v) is 1.87. The summed E-state index contributed by atoms with van der Waals surface area (Å²) < 4.78 is 4.51. The van der Waals surface area contributed by atoms with Crippen LogP contribution < -0.4 is 0 Å². The van der Waals surface area contributed by atoms with E-state index in [0.29, 0.717) is 13.0 Å². The molecule has 1 aliphatic heterocycles. The predicted molar refractivity (Wildman–Crippen MR) is 38.0 cm³/mol. The molecule has 0 amide bonds. The first kappa shape index (κ1) is 9.68. The summed E-state index contributed by atoms with van der Waals surface area (Å²) in [6.07, 6.45) is 2.37. The van der Waals surface area contributed by atoms with Gasteiger partial charge < -0.3 is 9.84 Å². The lowest BCUT2D eigenvalue weighted by Gasteiger charge is -1.81. The van der Waals surface area contributed by atoms with Crippen molar-refractivity contribution in [2.45, 2.75) is 12.8 Å². The average Bonchev–Trinajstić information content (AvgIpc) is 2.41. The van der Waals surface area contributed by atoms with Crippen molar-refractivity contribution < 1.29 is 19.4 Å². The monoisotopic (exact) mass is 158 g/mol. The summed E-state index contributed by atoms with van der Waals surface area (Å²) in [6.45, 7) is 3.60. The zero-order valence-electron chi connectivity index (χ0n) is 6.08. The Hall–Kier alpha value is -1.32. The molecule has 0 atom stereocenters. The maximum absolute atomic E-state index is 10.0. The van der Waals surface area contributed by atoms with E-state index in [4.69, 9.17) is 5.11 Å². The van der Waals surface area contributed by atoms with Gasteiger partial charge in [-0.3, -0.25) is 4.79 Å². The van der Waals surface area contributed by atoms with Gasteiger partial charge in [-0.05, 0) is 6.42 Å². The Kier molecular flexibility index (Phi) is 4.81. The van der Waals surface area contributed by atoms with E-state index in [-0.39, 0.29) is 5.97 Å². The van der Waals surface area contributed by atoms with Gasteiger partial charge in [-0.1, -0.05) is 6.58 Å². The van der Waals surface area contributed by atoms with Gasteiger partial charge in [0.05, 0.1) is 6.61 Å². The summed E-state index contributed by atoms with van der Waals surface area (Å²) in [5, 5.41) is 7.60. The number of carboxylic acids is 1. The Balaban J connectivity index is 0.000000187. The van der Waals surface area contributed by atoms with Crippen LogP contribution in [-0.4, -0.2) is 23.7 Å². The van der Waals surface area contributed by atoms with E-state index < -0.39 is 5.97 Å². The molecule has 62 valence electrons. The van der Waals surface area contributed by atoms with E-state index in [1.807, 2.05) is 0 Å². The predicted octanol–water partition coefficient (Wildman–Crippen LogP) is 0.580. The topological polar surface area (TPSA) is 63.6 Å². The molecule has 1 aliphatic rings. The molecular weight excluding hydrogens is 148 g/mol. The van der Waals surface area contributed by atoms with Crippen molar-refractivity contribution in [2.75, 3.05) is 6.61 Å². The van der Waals surface area contributed by atoms with Crippen LogP contribution in [-0.2, 0) is 14.3 Å². The zero-order valence-corrected chi connectivity index (χ0v) is 6.08. The van der Waals surface area contributed by atoms with Crippen LogP contribution in [0.3, 0.4) is 0 Å². The van der Waals surface area contributed by atoms with Crippen LogP contribution in [0.15, 0.2) is 12.7 Å². The van der Waals surface area contributed by atoms with Gasteiger partial charge in [-0.15, -0.1) is 0 Å². The molecule has 0 bridgehead atoms. The van der Waals surface area contributed by atoms with Crippen molar-refractivity contribution in [1.29, 1.82) is 0 Å². The Morgan fingerprint density at radius 2 is 2.27 bits per heavy atom. The number of carboxylic acid groups (broad SMARTS) is 1. The lowest BCUT2D eigenvalue weighted by molar-refractivity contribution is -0.138. The normalized spacial score (nSPS) is 14.4. The molecule has 0 spiro atoms. The number of carbonyl (C=O) groups excluding carboxylic acids is 1. The van der Waals surface area contributed by atoms with Crippen LogP contribution in [0.5, 0.6) is 0 Å². The Labute approximate surface area is 64.5 Å². The SMILES string of the molecule is C=CC(=O)O.O=C1CCCO1. The fourth-order valence-electron chi connectivity index (χ4n) is 0.475. The Morgan fingerprint density at radius 3 is 2.36 bits per heavy atom. The first-order valence-electron chi connectivity index (χ1n) is 3.18. The van der Waals surface area contributed by atoms with Gasteiger partial charge in [0.2, 0.25) is 0 Å². The molecule has 1 N–H and O–H groups in total. The molecule has 0 aromatic rings. The second kappa shape index (κ2) is 5.46. The van der Waals surface area contributed by atoms with Gasteiger partial charge in [0, 0.05) is 12.5 Å². The highest BCUT2D eigenvalue weighted by Crippen LogP contribution is 2.01. The third-order valence-electron chi connectivity index (χ3n) is 0.963. The minimum absolute atomic E-state index is 0.0463. The minimum Gasteiger partial charge on any atom is -0.478 e. The smallest absolute Gasteiger partial charge is 0.327 e. The molecule has 4 nitrogen and oxygen atoms in total. The molecule has 0 aliphatic carbocycles. The van der Waals surface area contributed by atoms with Gasteiger partial charge in [0.25, 0.3) is 0 Å². The molecule has 0 aromatic heterocycles. The van der Waals surface area contributed by atoms with Gasteiger partial charge in [0.1, 0.15) is 0 Å². The maximum atomic E-state index is 10.0. The highest BCUT2D eigenvalue weighted by atomic mass is 16.5. The van der Waals surface area contributed by atoms with Crippen LogP contribution in [0.4, 0.5) is 0 Å². The highest BCUT2D eigenvalue weighted by molar-refractivity contribution is 5.78. The molecule has 11 heavy (non-hydrogen) atoms. The molecule has 0 radical (unpaired) electrons. The first-order valence-corrected chi connectivity index (χ1v) is 3.18. The fourth-order valence-corrected chi connectivity index (χ4v) is 0.475. The van der Waals surface area contributed by atoms with E-state index in [0.717, 1.165) is 12.5 Å². The van der Waals surface area contributed by atoms with Crippen LogP contribution in [0.25, 0.3) is 0 Å². The summed E-state index contributed by atoms with van der Waals surface area (Å²) in [5.74, 6) is -1.03. The fraction of sp³-hybridized carbons (Fsp3) is 0.429. The zero-order chi connectivity index (χ0) is 8.69. The third kappa shape index (κ3) is 6.57. The number of ether oxygens (including phenoxy) is 1. The molecule has 4 heteroatoms. The number of hydrogen-bond acceptors (Lipinski definition) is 3. The Bertz CT molecular complexity index is 154. The van der Waals surface area contributed by atoms with Gasteiger partial charge in [-0.25, -0.2) is 4.79 Å². The molecular formula is C7H10O4. The van der Waals surface area contributed by atoms with Crippen molar-refractivity contribution >= 4 is 11.9 Å². The van der Waals surface area contributed by atoms with Crippen molar-refractivity contribution in [3.8, 4) is 0 Å². The molecule has 0 unspecified atom stereocenters. The van der Waals surface area contributed by atoms with Crippen LogP contribution >= 0.6 is 0 Å².